The molecule has 0 aromatic carbocycles. The van der Waals surface area contributed by atoms with Crippen molar-refractivity contribution < 1.29 is 9.53 Å². The van der Waals surface area contributed by atoms with Crippen LogP contribution in [0.2, 0.25) is 0 Å². The molecule has 0 fully saturated rings. The average molecular weight is 272 g/mol. The van der Waals surface area contributed by atoms with Gasteiger partial charge in [0.2, 0.25) is 0 Å². The number of hydrogen-bond donors (Lipinski definition) is 1. The largest absolute Gasteiger partial charge is 0.465 e. The highest BCUT2D eigenvalue weighted by molar-refractivity contribution is 5.80. The highest BCUT2D eigenvalue weighted by Crippen LogP contribution is 2.16. The predicted molar refractivity (Wildman–Crippen MR) is 80.3 cm³/mol. The fraction of sp³-hybridized carbons (Fsp3) is 0.933. The van der Waals surface area contributed by atoms with E-state index in [1.165, 1.54) is 0 Å². The maximum atomic E-state index is 12.1. The quantitative estimate of drug-likeness (QED) is 0.620. The first kappa shape index (κ1) is 18.4. The summed E-state index contributed by atoms with van der Waals surface area (Å²) in [6.07, 6.45) is 1.80. The van der Waals surface area contributed by atoms with Crippen LogP contribution in [0.4, 0.5) is 0 Å². The van der Waals surface area contributed by atoms with Crippen LogP contribution in [0.3, 0.4) is 0 Å². The Kier molecular flexibility index (Phi) is 9.02. The van der Waals surface area contributed by atoms with Crippen molar-refractivity contribution in [1.29, 1.82) is 0 Å². The molecule has 0 saturated carbocycles. The lowest BCUT2D eigenvalue weighted by molar-refractivity contribution is -0.151. The predicted octanol–water partition coefficient (Wildman–Crippen LogP) is 2.43. The second-order valence-corrected chi connectivity index (χ2v) is 5.48. The number of esters is 1. The number of carbonyl (C=O) groups is 1. The Morgan fingerprint density at radius 2 is 1.84 bits per heavy atom. The number of ether oxygens (including phenoxy) is 1. The van der Waals surface area contributed by atoms with Crippen LogP contribution in [0.5, 0.6) is 0 Å². The van der Waals surface area contributed by atoms with E-state index in [-0.39, 0.29) is 12.0 Å². The van der Waals surface area contributed by atoms with E-state index in [1.54, 1.807) is 0 Å². The molecule has 19 heavy (non-hydrogen) atoms. The van der Waals surface area contributed by atoms with Crippen LogP contribution in [0.25, 0.3) is 0 Å². The SMILES string of the molecule is CCOC(=O)C(C)(CCCN(CC)CC)NC(C)C. The van der Waals surface area contributed by atoms with E-state index in [4.69, 9.17) is 4.74 Å². The smallest absolute Gasteiger partial charge is 0.326 e. The third-order valence-electron chi connectivity index (χ3n) is 3.38. The monoisotopic (exact) mass is 272 g/mol. The molecule has 0 aliphatic rings. The first-order valence-electron chi connectivity index (χ1n) is 7.56. The van der Waals surface area contributed by atoms with Gasteiger partial charge >= 0.3 is 5.97 Å². The van der Waals surface area contributed by atoms with Gasteiger partial charge in [0, 0.05) is 6.04 Å². The molecule has 1 N–H and O–H groups in total. The van der Waals surface area contributed by atoms with Crippen LogP contribution in [0, 0.1) is 0 Å². The molecule has 0 aromatic heterocycles. The van der Waals surface area contributed by atoms with Crippen molar-refractivity contribution >= 4 is 5.97 Å². The minimum absolute atomic E-state index is 0.136. The van der Waals surface area contributed by atoms with Crippen molar-refractivity contribution in [3.8, 4) is 0 Å². The fourth-order valence-electron chi connectivity index (χ4n) is 2.36. The summed E-state index contributed by atoms with van der Waals surface area (Å²) < 4.78 is 5.20. The van der Waals surface area contributed by atoms with E-state index < -0.39 is 5.54 Å². The van der Waals surface area contributed by atoms with Gasteiger partial charge in [0.25, 0.3) is 0 Å². The standard InChI is InChI=1S/C15H32N2O2/c1-7-17(8-2)12-10-11-15(6,16-13(4)5)14(18)19-9-3/h13,16H,7-12H2,1-6H3. The zero-order valence-electron chi connectivity index (χ0n) is 13.6. The molecule has 0 aromatic rings. The van der Waals surface area contributed by atoms with Gasteiger partial charge in [-0.05, 0) is 60.2 Å². The number of carbonyl (C=O) groups excluding carboxylic acids is 1. The molecule has 0 spiro atoms. The van der Waals surface area contributed by atoms with Gasteiger partial charge in [0.05, 0.1) is 6.61 Å². The van der Waals surface area contributed by atoms with Gasteiger partial charge in [0.1, 0.15) is 5.54 Å². The third-order valence-corrected chi connectivity index (χ3v) is 3.38. The Morgan fingerprint density at radius 3 is 2.26 bits per heavy atom. The lowest BCUT2D eigenvalue weighted by atomic mass is 9.94. The van der Waals surface area contributed by atoms with Crippen LogP contribution >= 0.6 is 0 Å². The highest BCUT2D eigenvalue weighted by atomic mass is 16.5. The molecule has 4 heteroatoms. The molecule has 0 heterocycles. The first-order valence-corrected chi connectivity index (χ1v) is 7.56. The highest BCUT2D eigenvalue weighted by Gasteiger charge is 2.34. The Bertz CT molecular complexity index is 253. The Balaban J connectivity index is 4.46. The Hall–Kier alpha value is -0.610. The molecular formula is C15H32N2O2. The lowest BCUT2D eigenvalue weighted by Crippen LogP contribution is -2.53. The average Bonchev–Trinajstić information content (AvgIpc) is 2.34. The zero-order valence-corrected chi connectivity index (χ0v) is 13.6. The molecule has 0 rings (SSSR count). The van der Waals surface area contributed by atoms with Crippen molar-refractivity contribution in [2.45, 2.75) is 66.0 Å². The summed E-state index contributed by atoms with van der Waals surface area (Å²) in [5.41, 5.74) is -0.572. The van der Waals surface area contributed by atoms with E-state index in [1.807, 2.05) is 13.8 Å². The zero-order chi connectivity index (χ0) is 14.9. The molecule has 0 aliphatic carbocycles. The maximum absolute atomic E-state index is 12.1. The van der Waals surface area contributed by atoms with Gasteiger partial charge in [0.15, 0.2) is 0 Å². The van der Waals surface area contributed by atoms with Gasteiger partial charge in [-0.25, -0.2) is 0 Å². The van der Waals surface area contributed by atoms with Crippen molar-refractivity contribution in [2.24, 2.45) is 0 Å². The Labute approximate surface area is 118 Å². The summed E-state index contributed by atoms with van der Waals surface area (Å²) in [6.45, 7) is 15.8. The van der Waals surface area contributed by atoms with Crippen molar-refractivity contribution in [1.82, 2.24) is 10.2 Å². The van der Waals surface area contributed by atoms with Gasteiger partial charge in [-0.15, -0.1) is 0 Å². The van der Waals surface area contributed by atoms with Crippen molar-refractivity contribution in [3.63, 3.8) is 0 Å². The second-order valence-electron chi connectivity index (χ2n) is 5.48. The molecule has 0 saturated heterocycles. The van der Waals surface area contributed by atoms with Crippen LogP contribution in [-0.2, 0) is 9.53 Å². The van der Waals surface area contributed by atoms with Gasteiger partial charge in [-0.3, -0.25) is 10.1 Å². The number of hydrogen-bond acceptors (Lipinski definition) is 4. The molecule has 1 atom stereocenters. The molecule has 0 bridgehead atoms. The molecule has 4 nitrogen and oxygen atoms in total. The summed E-state index contributed by atoms with van der Waals surface area (Å²) in [5.74, 6) is -0.136. The molecular weight excluding hydrogens is 240 g/mol. The van der Waals surface area contributed by atoms with E-state index in [2.05, 4.69) is 37.9 Å². The topological polar surface area (TPSA) is 41.6 Å². The lowest BCUT2D eigenvalue weighted by Gasteiger charge is -2.31. The van der Waals surface area contributed by atoms with Crippen LogP contribution in [0.15, 0.2) is 0 Å². The van der Waals surface area contributed by atoms with E-state index in [9.17, 15) is 4.79 Å². The normalized spacial score (nSPS) is 14.7. The molecule has 0 aliphatic heterocycles. The van der Waals surface area contributed by atoms with Crippen molar-refractivity contribution in [2.75, 3.05) is 26.2 Å². The van der Waals surface area contributed by atoms with Gasteiger partial charge < -0.3 is 9.64 Å². The minimum Gasteiger partial charge on any atom is -0.465 e. The molecule has 114 valence electrons. The number of rotatable bonds is 10. The minimum atomic E-state index is -0.572. The van der Waals surface area contributed by atoms with Crippen LogP contribution < -0.4 is 5.32 Å². The summed E-state index contributed by atoms with van der Waals surface area (Å²) in [5, 5.41) is 3.36. The summed E-state index contributed by atoms with van der Waals surface area (Å²) in [4.78, 5) is 14.5. The summed E-state index contributed by atoms with van der Waals surface area (Å²) >= 11 is 0. The number of nitrogens with one attached hydrogen (secondary N) is 1. The molecule has 0 amide bonds. The summed E-state index contributed by atoms with van der Waals surface area (Å²) in [6, 6.07) is 0.267. The van der Waals surface area contributed by atoms with E-state index in [0.717, 1.165) is 32.5 Å². The van der Waals surface area contributed by atoms with Crippen LogP contribution in [0.1, 0.15) is 54.4 Å². The Morgan fingerprint density at radius 1 is 1.26 bits per heavy atom. The summed E-state index contributed by atoms with van der Waals surface area (Å²) in [7, 11) is 0. The molecule has 0 radical (unpaired) electrons. The maximum Gasteiger partial charge on any atom is 0.326 e. The van der Waals surface area contributed by atoms with Crippen LogP contribution in [-0.4, -0.2) is 48.7 Å². The van der Waals surface area contributed by atoms with Gasteiger partial charge in [-0.1, -0.05) is 13.8 Å². The van der Waals surface area contributed by atoms with Crippen molar-refractivity contribution in [3.05, 3.63) is 0 Å². The first-order chi connectivity index (χ1) is 8.89. The molecule has 1 unspecified atom stereocenters. The van der Waals surface area contributed by atoms with E-state index >= 15 is 0 Å². The van der Waals surface area contributed by atoms with E-state index in [0.29, 0.717) is 6.61 Å². The number of nitrogens with zero attached hydrogens (tertiary/aromatic N) is 1. The fourth-order valence-corrected chi connectivity index (χ4v) is 2.36. The van der Waals surface area contributed by atoms with Gasteiger partial charge in [-0.2, -0.15) is 0 Å². The third kappa shape index (κ3) is 6.92. The second kappa shape index (κ2) is 9.32.